The molecule has 11 nitrogen and oxygen atoms in total. The van der Waals surface area contributed by atoms with E-state index in [2.05, 4.69) is 5.32 Å². The van der Waals surface area contributed by atoms with Crippen molar-refractivity contribution in [2.75, 3.05) is 18.4 Å². The lowest BCUT2D eigenvalue weighted by atomic mass is 10.1. The molecule has 0 bridgehead atoms. The van der Waals surface area contributed by atoms with E-state index in [0.29, 0.717) is 35.4 Å². The molecule has 2 aromatic carbocycles. The average molecular weight is 537 g/mol. The Kier molecular flexibility index (Phi) is 7.72. The summed E-state index contributed by atoms with van der Waals surface area (Å²) in [7, 11) is -3.68. The van der Waals surface area contributed by atoms with Gasteiger partial charge in [0.25, 0.3) is 11.6 Å². The first-order valence-corrected chi connectivity index (χ1v) is 13.1. The first kappa shape index (κ1) is 26.7. The molecule has 1 aliphatic rings. The normalized spacial score (nSPS) is 15.1. The Hall–Kier alpha value is -4.31. The zero-order chi connectivity index (χ0) is 27.4. The number of hydrogen-bond acceptors (Lipinski definition) is 8. The summed E-state index contributed by atoms with van der Waals surface area (Å²) < 4.78 is 32.9. The van der Waals surface area contributed by atoms with Crippen LogP contribution < -0.4 is 5.32 Å². The Morgan fingerprint density at radius 2 is 1.87 bits per heavy atom. The summed E-state index contributed by atoms with van der Waals surface area (Å²) in [5, 5.41) is 32.6. The van der Waals surface area contributed by atoms with Gasteiger partial charge in [0.05, 0.1) is 15.9 Å². The van der Waals surface area contributed by atoms with Crippen molar-refractivity contribution in [3.63, 3.8) is 0 Å². The van der Waals surface area contributed by atoms with E-state index >= 15 is 0 Å². The monoisotopic (exact) mass is 536 g/mol. The van der Waals surface area contributed by atoms with Crippen molar-refractivity contribution < 1.29 is 27.7 Å². The molecule has 0 radical (unpaired) electrons. The standard InChI is InChI=1S/C26H24N4O7S/c1-17-14-20(4-8-24(17)30(33)34)28-26(32)19(16-27)15-22-5-9-25(37-22)18-2-6-23(7-3-18)38(35,36)29-12-10-21(31)11-13-29/h2-9,14-15,21,31H,10-13H2,1H3,(H,28,32)/b19-15+. The Bertz CT molecular complexity index is 1540. The summed E-state index contributed by atoms with van der Waals surface area (Å²) >= 11 is 0. The minimum atomic E-state index is -3.68. The van der Waals surface area contributed by atoms with E-state index in [-0.39, 0.29) is 35.0 Å². The number of hydrogen-bond donors (Lipinski definition) is 2. The lowest BCUT2D eigenvalue weighted by molar-refractivity contribution is -0.385. The van der Waals surface area contributed by atoms with E-state index in [9.17, 15) is 33.7 Å². The van der Waals surface area contributed by atoms with Crippen LogP contribution in [0.4, 0.5) is 11.4 Å². The lowest BCUT2D eigenvalue weighted by Crippen LogP contribution is -2.39. The molecule has 0 aliphatic carbocycles. The van der Waals surface area contributed by atoms with Gasteiger partial charge in [0.2, 0.25) is 10.0 Å². The summed E-state index contributed by atoms with van der Waals surface area (Å²) in [5.74, 6) is -0.0707. The molecule has 0 spiro atoms. The number of nitrogens with zero attached hydrogens (tertiary/aromatic N) is 3. The molecule has 38 heavy (non-hydrogen) atoms. The summed E-state index contributed by atoms with van der Waals surface area (Å²) in [6.45, 7) is 2.07. The van der Waals surface area contributed by atoms with Gasteiger partial charge in [-0.05, 0) is 68.3 Å². The quantitative estimate of drug-likeness (QED) is 0.199. The van der Waals surface area contributed by atoms with Gasteiger partial charge >= 0.3 is 0 Å². The molecule has 3 aromatic rings. The second kappa shape index (κ2) is 11.0. The van der Waals surface area contributed by atoms with Gasteiger partial charge in [-0.25, -0.2) is 8.42 Å². The number of amides is 1. The third-order valence-corrected chi connectivity index (χ3v) is 8.04. The van der Waals surface area contributed by atoms with E-state index < -0.39 is 27.0 Å². The molecule has 12 heteroatoms. The van der Waals surface area contributed by atoms with Crippen molar-refractivity contribution in [2.24, 2.45) is 0 Å². The maximum Gasteiger partial charge on any atom is 0.272 e. The number of aryl methyl sites for hydroxylation is 1. The minimum Gasteiger partial charge on any atom is -0.457 e. The summed E-state index contributed by atoms with van der Waals surface area (Å²) in [6, 6.07) is 15.3. The number of carbonyl (C=O) groups excluding carboxylic acids is 1. The summed E-state index contributed by atoms with van der Waals surface area (Å²) in [5.41, 5.74) is 0.936. The molecule has 1 fully saturated rings. The van der Waals surface area contributed by atoms with Crippen LogP contribution in [0.5, 0.6) is 0 Å². The molecule has 1 saturated heterocycles. The molecule has 2 heterocycles. The molecule has 1 amide bonds. The van der Waals surface area contributed by atoms with Gasteiger partial charge in [-0.2, -0.15) is 9.57 Å². The van der Waals surface area contributed by atoms with Crippen LogP contribution in [0.25, 0.3) is 17.4 Å². The zero-order valence-corrected chi connectivity index (χ0v) is 21.1. The molecule has 1 aromatic heterocycles. The molecule has 196 valence electrons. The smallest absolute Gasteiger partial charge is 0.272 e. The third kappa shape index (κ3) is 5.81. The predicted octanol–water partition coefficient (Wildman–Crippen LogP) is 3.85. The second-order valence-electron chi connectivity index (χ2n) is 8.74. The van der Waals surface area contributed by atoms with Crippen LogP contribution in [-0.2, 0) is 14.8 Å². The number of rotatable bonds is 7. The molecular weight excluding hydrogens is 512 g/mol. The van der Waals surface area contributed by atoms with E-state index in [1.54, 1.807) is 31.2 Å². The second-order valence-corrected chi connectivity index (χ2v) is 10.7. The fourth-order valence-electron chi connectivity index (χ4n) is 4.04. The number of nitro groups is 1. The third-order valence-electron chi connectivity index (χ3n) is 6.13. The van der Waals surface area contributed by atoms with E-state index in [0.717, 1.165) is 0 Å². The number of benzene rings is 2. The largest absolute Gasteiger partial charge is 0.457 e. The number of nitriles is 1. The van der Waals surface area contributed by atoms with E-state index in [4.69, 9.17) is 4.42 Å². The van der Waals surface area contributed by atoms with Crippen LogP contribution in [-0.4, -0.2) is 47.9 Å². The Morgan fingerprint density at radius 1 is 1.18 bits per heavy atom. The van der Waals surface area contributed by atoms with Crippen LogP contribution in [0.3, 0.4) is 0 Å². The number of nitrogens with one attached hydrogen (secondary N) is 1. The van der Waals surface area contributed by atoms with Gasteiger partial charge < -0.3 is 14.8 Å². The Labute approximate surface area is 218 Å². The minimum absolute atomic E-state index is 0.0841. The number of furan rings is 1. The number of nitro benzene ring substituents is 1. The number of carbonyl (C=O) groups is 1. The fraction of sp³-hybridized carbons (Fsp3) is 0.231. The lowest BCUT2D eigenvalue weighted by Gasteiger charge is -2.28. The van der Waals surface area contributed by atoms with Crippen LogP contribution in [0.1, 0.15) is 24.2 Å². The maximum atomic E-state index is 12.9. The number of piperidine rings is 1. The van der Waals surface area contributed by atoms with E-state index in [1.807, 2.05) is 6.07 Å². The topological polar surface area (TPSA) is 167 Å². The first-order valence-electron chi connectivity index (χ1n) is 11.6. The van der Waals surface area contributed by atoms with Gasteiger partial charge in [-0.1, -0.05) is 0 Å². The molecule has 2 N–H and O–H groups in total. The van der Waals surface area contributed by atoms with Gasteiger partial charge in [-0.15, -0.1) is 0 Å². The highest BCUT2D eigenvalue weighted by molar-refractivity contribution is 7.89. The molecule has 1 aliphatic heterocycles. The molecule has 0 saturated carbocycles. The first-order chi connectivity index (χ1) is 18.1. The number of aliphatic hydroxyl groups excluding tert-OH is 1. The summed E-state index contributed by atoms with van der Waals surface area (Å²) in [4.78, 5) is 23.2. The van der Waals surface area contributed by atoms with Crippen molar-refractivity contribution in [1.82, 2.24) is 4.31 Å². The van der Waals surface area contributed by atoms with Gasteiger partial charge in [0.1, 0.15) is 23.2 Å². The number of aliphatic hydroxyl groups is 1. The zero-order valence-electron chi connectivity index (χ0n) is 20.3. The number of sulfonamides is 1. The average Bonchev–Trinajstić information content (AvgIpc) is 3.36. The Balaban J connectivity index is 1.47. The van der Waals surface area contributed by atoms with Gasteiger partial charge in [0.15, 0.2) is 0 Å². The van der Waals surface area contributed by atoms with Crippen molar-refractivity contribution in [2.45, 2.75) is 30.8 Å². The van der Waals surface area contributed by atoms with Crippen molar-refractivity contribution in [3.8, 4) is 17.4 Å². The molecule has 0 atom stereocenters. The number of anilines is 1. The highest BCUT2D eigenvalue weighted by Gasteiger charge is 2.28. The maximum absolute atomic E-state index is 12.9. The molecule has 4 rings (SSSR count). The van der Waals surface area contributed by atoms with Crippen molar-refractivity contribution in [3.05, 3.63) is 81.6 Å². The molecular formula is C26H24N4O7S. The van der Waals surface area contributed by atoms with Crippen LogP contribution in [0.15, 0.2) is 69.5 Å². The fourth-order valence-corrected chi connectivity index (χ4v) is 5.51. The molecule has 0 unspecified atom stereocenters. The van der Waals surface area contributed by atoms with Gasteiger partial charge in [-0.3, -0.25) is 14.9 Å². The van der Waals surface area contributed by atoms with Gasteiger partial charge in [0, 0.05) is 42.0 Å². The van der Waals surface area contributed by atoms with Crippen LogP contribution in [0, 0.1) is 28.4 Å². The highest BCUT2D eigenvalue weighted by Crippen LogP contribution is 2.27. The summed E-state index contributed by atoms with van der Waals surface area (Å²) in [6.07, 6.45) is 1.58. The van der Waals surface area contributed by atoms with E-state index in [1.165, 1.54) is 40.7 Å². The van der Waals surface area contributed by atoms with Crippen molar-refractivity contribution >= 4 is 33.4 Å². The van der Waals surface area contributed by atoms with Crippen LogP contribution in [0.2, 0.25) is 0 Å². The highest BCUT2D eigenvalue weighted by atomic mass is 32.2. The predicted molar refractivity (Wildman–Crippen MR) is 138 cm³/mol. The van der Waals surface area contributed by atoms with Crippen molar-refractivity contribution in [1.29, 1.82) is 5.26 Å². The SMILES string of the molecule is Cc1cc(NC(=O)/C(C#N)=C/c2ccc(-c3ccc(S(=O)(=O)N4CCC(O)CC4)cc3)o2)ccc1[N+](=O)[O-]. The van der Waals surface area contributed by atoms with Crippen LogP contribution >= 0.6 is 0 Å². The Morgan fingerprint density at radius 3 is 2.47 bits per heavy atom.